The van der Waals surface area contributed by atoms with Gasteiger partial charge in [-0.25, -0.2) is 4.79 Å². The fraction of sp³-hybridized carbons (Fsp3) is 0.406. The van der Waals surface area contributed by atoms with Gasteiger partial charge in [-0.15, -0.1) is 0 Å². The average Bonchev–Trinajstić information content (AvgIpc) is 2.93. The number of unbranched alkanes of at least 4 members (excludes halogenated alkanes) is 2. The van der Waals surface area contributed by atoms with Crippen LogP contribution in [-0.2, 0) is 4.74 Å². The second-order valence-corrected chi connectivity index (χ2v) is 9.93. The lowest BCUT2D eigenvalue weighted by molar-refractivity contribution is -0.0209. The highest BCUT2D eigenvalue weighted by molar-refractivity contribution is 5.89. The number of esters is 1. The van der Waals surface area contributed by atoms with Gasteiger partial charge in [-0.05, 0) is 66.3 Å². The van der Waals surface area contributed by atoms with Crippen molar-refractivity contribution in [1.82, 2.24) is 0 Å². The molecule has 184 valence electrons. The van der Waals surface area contributed by atoms with Crippen molar-refractivity contribution in [3.05, 3.63) is 107 Å². The molecule has 1 N–H and O–H groups in total. The van der Waals surface area contributed by atoms with Crippen molar-refractivity contribution in [3.8, 4) is 0 Å². The van der Waals surface area contributed by atoms with Gasteiger partial charge in [-0.3, -0.25) is 0 Å². The first-order valence-electron chi connectivity index (χ1n) is 13.2. The molecule has 2 atom stereocenters. The topological polar surface area (TPSA) is 46.5 Å². The number of hydrogen-bond acceptors (Lipinski definition) is 3. The van der Waals surface area contributed by atoms with Crippen LogP contribution in [0.3, 0.4) is 0 Å². The van der Waals surface area contributed by atoms with Crippen LogP contribution in [0, 0.1) is 5.92 Å². The fourth-order valence-corrected chi connectivity index (χ4v) is 5.32. The zero-order chi connectivity index (χ0) is 24.5. The zero-order valence-corrected chi connectivity index (χ0v) is 20.8. The molecule has 3 aromatic rings. The fourth-order valence-electron chi connectivity index (χ4n) is 5.32. The van der Waals surface area contributed by atoms with E-state index in [1.165, 1.54) is 56.9 Å². The number of ether oxygens (including phenoxy) is 1. The highest BCUT2D eigenvalue weighted by Crippen LogP contribution is 2.38. The van der Waals surface area contributed by atoms with Gasteiger partial charge in [0.2, 0.25) is 0 Å². The van der Waals surface area contributed by atoms with E-state index in [0.717, 1.165) is 17.0 Å². The minimum Gasteiger partial charge on any atom is -0.451 e. The molecule has 1 saturated carbocycles. The second-order valence-electron chi connectivity index (χ2n) is 9.93. The van der Waals surface area contributed by atoms with E-state index < -0.39 is 18.2 Å². The molecule has 3 nitrogen and oxygen atoms in total. The third kappa shape index (κ3) is 6.82. The van der Waals surface area contributed by atoms with Crippen molar-refractivity contribution in [2.24, 2.45) is 5.92 Å². The highest BCUT2D eigenvalue weighted by Gasteiger charge is 2.27. The molecule has 35 heavy (non-hydrogen) atoms. The van der Waals surface area contributed by atoms with Crippen LogP contribution in [0.5, 0.6) is 0 Å². The van der Waals surface area contributed by atoms with Crippen LogP contribution < -0.4 is 0 Å². The Morgan fingerprint density at radius 1 is 0.829 bits per heavy atom. The quantitative estimate of drug-likeness (QED) is 0.240. The lowest BCUT2D eigenvalue weighted by atomic mass is 9.77. The SMILES string of the molecule is CCCCCC1CCC(c2ccc(C(=O)O[C@@H](c3ccccc3)[C@@H](O)c3ccccc3)cc2)CC1. The van der Waals surface area contributed by atoms with Gasteiger partial charge in [0, 0.05) is 0 Å². The molecule has 0 heterocycles. The van der Waals surface area contributed by atoms with Crippen molar-refractivity contribution >= 4 is 5.97 Å². The number of carbonyl (C=O) groups excluding carboxylic acids is 1. The first-order chi connectivity index (χ1) is 17.2. The molecular weight excluding hydrogens is 432 g/mol. The van der Waals surface area contributed by atoms with Gasteiger partial charge < -0.3 is 9.84 Å². The third-order valence-corrected chi connectivity index (χ3v) is 7.47. The smallest absolute Gasteiger partial charge is 0.338 e. The van der Waals surface area contributed by atoms with Crippen molar-refractivity contribution in [1.29, 1.82) is 0 Å². The van der Waals surface area contributed by atoms with Gasteiger partial charge in [-0.1, -0.05) is 105 Å². The minimum atomic E-state index is -0.950. The van der Waals surface area contributed by atoms with Crippen LogP contribution >= 0.6 is 0 Å². The summed E-state index contributed by atoms with van der Waals surface area (Å²) in [6.07, 6.45) is 8.76. The van der Waals surface area contributed by atoms with E-state index >= 15 is 0 Å². The largest absolute Gasteiger partial charge is 0.451 e. The first-order valence-corrected chi connectivity index (χ1v) is 13.2. The number of aliphatic hydroxyl groups is 1. The maximum absolute atomic E-state index is 13.1. The Balaban J connectivity index is 1.40. The van der Waals surface area contributed by atoms with E-state index in [1.54, 1.807) is 0 Å². The van der Waals surface area contributed by atoms with Crippen molar-refractivity contribution in [2.45, 2.75) is 76.4 Å². The standard InChI is InChI=1S/C32H38O3/c1-2-3-6-11-24-16-18-25(19-17-24)26-20-22-29(23-21-26)32(34)35-31(28-14-9-5-10-15-28)30(33)27-12-7-4-8-13-27/h4-5,7-10,12-15,20-25,30-31,33H,2-3,6,11,16-19H2,1H3/t24?,25?,30-,31-/m0/s1. The van der Waals surface area contributed by atoms with Crippen molar-refractivity contribution < 1.29 is 14.6 Å². The van der Waals surface area contributed by atoms with Gasteiger partial charge in [0.1, 0.15) is 6.10 Å². The minimum absolute atomic E-state index is 0.417. The molecule has 3 heteroatoms. The summed E-state index contributed by atoms with van der Waals surface area (Å²) in [5, 5.41) is 11.1. The summed E-state index contributed by atoms with van der Waals surface area (Å²) in [4.78, 5) is 13.1. The molecule has 0 spiro atoms. The predicted molar refractivity (Wildman–Crippen MR) is 141 cm³/mol. The van der Waals surface area contributed by atoms with Gasteiger partial charge >= 0.3 is 5.97 Å². The van der Waals surface area contributed by atoms with E-state index in [4.69, 9.17) is 4.74 Å². The Hall–Kier alpha value is -2.91. The average molecular weight is 471 g/mol. The molecule has 0 aromatic heterocycles. The molecule has 1 fully saturated rings. The Labute approximate surface area is 210 Å². The molecule has 0 amide bonds. The molecule has 1 aliphatic rings. The monoisotopic (exact) mass is 470 g/mol. The van der Waals surface area contributed by atoms with Gasteiger partial charge in [-0.2, -0.15) is 0 Å². The summed E-state index contributed by atoms with van der Waals surface area (Å²) in [6, 6.07) is 26.7. The summed E-state index contributed by atoms with van der Waals surface area (Å²) in [5.41, 5.74) is 3.32. The number of rotatable bonds is 10. The number of benzene rings is 3. The molecular formula is C32H38O3. The molecule has 0 saturated heterocycles. The summed E-state index contributed by atoms with van der Waals surface area (Å²) in [5.74, 6) is 1.05. The Kier molecular flexibility index (Phi) is 9.14. The van der Waals surface area contributed by atoms with Crippen LogP contribution in [0.2, 0.25) is 0 Å². The van der Waals surface area contributed by atoms with Crippen LogP contribution in [0.15, 0.2) is 84.9 Å². The van der Waals surface area contributed by atoms with Crippen molar-refractivity contribution in [3.63, 3.8) is 0 Å². The van der Waals surface area contributed by atoms with E-state index in [0.29, 0.717) is 11.5 Å². The maximum atomic E-state index is 13.1. The summed E-state index contributed by atoms with van der Waals surface area (Å²) in [7, 11) is 0. The normalized spacial score (nSPS) is 19.6. The molecule has 0 unspecified atom stereocenters. The van der Waals surface area contributed by atoms with Crippen LogP contribution in [0.25, 0.3) is 0 Å². The summed E-state index contributed by atoms with van der Waals surface area (Å²) in [6.45, 7) is 2.27. The summed E-state index contributed by atoms with van der Waals surface area (Å²) >= 11 is 0. The number of aliphatic hydroxyl groups excluding tert-OH is 1. The van der Waals surface area contributed by atoms with Gasteiger partial charge in [0.05, 0.1) is 5.56 Å². The van der Waals surface area contributed by atoms with Crippen molar-refractivity contribution in [2.75, 3.05) is 0 Å². The zero-order valence-electron chi connectivity index (χ0n) is 20.8. The van der Waals surface area contributed by atoms with Crippen LogP contribution in [0.1, 0.15) is 103 Å². The molecule has 3 aromatic carbocycles. The highest BCUT2D eigenvalue weighted by atomic mass is 16.6. The molecule has 0 radical (unpaired) electrons. The van der Waals surface area contributed by atoms with Gasteiger partial charge in [0.15, 0.2) is 6.10 Å². The van der Waals surface area contributed by atoms with E-state index in [-0.39, 0.29) is 0 Å². The van der Waals surface area contributed by atoms with Crippen LogP contribution in [-0.4, -0.2) is 11.1 Å². The second kappa shape index (κ2) is 12.7. The number of carbonyl (C=O) groups is 1. The van der Waals surface area contributed by atoms with Gasteiger partial charge in [0.25, 0.3) is 0 Å². The Morgan fingerprint density at radius 2 is 1.43 bits per heavy atom. The van der Waals surface area contributed by atoms with Crippen LogP contribution in [0.4, 0.5) is 0 Å². The van der Waals surface area contributed by atoms with E-state index in [1.807, 2.05) is 72.8 Å². The lowest BCUT2D eigenvalue weighted by Crippen LogP contribution is -2.19. The molecule has 0 bridgehead atoms. The summed E-state index contributed by atoms with van der Waals surface area (Å²) < 4.78 is 5.90. The number of hydrogen-bond donors (Lipinski definition) is 1. The molecule has 0 aliphatic heterocycles. The van der Waals surface area contributed by atoms with E-state index in [2.05, 4.69) is 19.1 Å². The lowest BCUT2D eigenvalue weighted by Gasteiger charge is -2.29. The predicted octanol–water partition coefficient (Wildman–Crippen LogP) is 8.17. The first kappa shape index (κ1) is 25.2. The van der Waals surface area contributed by atoms with E-state index in [9.17, 15) is 9.90 Å². The Morgan fingerprint density at radius 3 is 2.03 bits per heavy atom. The molecule has 4 rings (SSSR count). The third-order valence-electron chi connectivity index (χ3n) is 7.47. The molecule has 1 aliphatic carbocycles. The Bertz CT molecular complexity index is 1020. The maximum Gasteiger partial charge on any atom is 0.338 e.